The van der Waals surface area contributed by atoms with Crippen LogP contribution in [0, 0.1) is 0 Å². The summed E-state index contributed by atoms with van der Waals surface area (Å²) in [5.41, 5.74) is 0.866. The van der Waals surface area contributed by atoms with Gasteiger partial charge >= 0.3 is 0 Å². The second-order valence-electron chi connectivity index (χ2n) is 4.71. The maximum Gasteiger partial charge on any atom is 0.278 e. The number of thiophene rings is 1. The molecule has 1 aromatic carbocycles. The van der Waals surface area contributed by atoms with Crippen molar-refractivity contribution in [1.82, 2.24) is 15.1 Å². The maximum absolute atomic E-state index is 12.2. The predicted molar refractivity (Wildman–Crippen MR) is 85.3 cm³/mol. The molecule has 0 fully saturated rings. The Kier molecular flexibility index (Phi) is 3.47. The zero-order valence-electron chi connectivity index (χ0n) is 11.6. The second-order valence-corrected chi connectivity index (χ2v) is 6.55. The van der Waals surface area contributed by atoms with Crippen molar-refractivity contribution in [3.63, 3.8) is 0 Å². The van der Waals surface area contributed by atoms with Crippen molar-refractivity contribution >= 4 is 34.9 Å². The summed E-state index contributed by atoms with van der Waals surface area (Å²) in [4.78, 5) is 26.6. The molecule has 1 aliphatic rings. The Labute approximate surface area is 139 Å². The van der Waals surface area contributed by atoms with Gasteiger partial charge in [0.25, 0.3) is 22.9 Å². The van der Waals surface area contributed by atoms with Gasteiger partial charge in [-0.05, 0) is 35.3 Å². The smallest absolute Gasteiger partial charge is 0.278 e. The van der Waals surface area contributed by atoms with E-state index >= 15 is 0 Å². The highest BCUT2D eigenvalue weighted by atomic mass is 32.2. The summed E-state index contributed by atoms with van der Waals surface area (Å²) in [6.07, 6.45) is 0. The SMILES string of the molecule is O=C1c2ccccc2C(=O)N1CSc1nnc(-c2cccs2)o1. The van der Waals surface area contributed by atoms with E-state index in [0.29, 0.717) is 22.2 Å². The van der Waals surface area contributed by atoms with Crippen LogP contribution in [0.1, 0.15) is 20.7 Å². The van der Waals surface area contributed by atoms with E-state index in [2.05, 4.69) is 10.2 Å². The Morgan fingerprint density at radius 2 is 1.78 bits per heavy atom. The Hall–Kier alpha value is -2.45. The Balaban J connectivity index is 1.48. The number of hydrogen-bond donors (Lipinski definition) is 0. The molecular weight excluding hydrogens is 334 g/mol. The normalized spacial score (nSPS) is 13.7. The number of imide groups is 1. The third kappa shape index (κ3) is 2.45. The molecule has 2 aromatic heterocycles. The summed E-state index contributed by atoms with van der Waals surface area (Å²) in [5.74, 6) is -0.0182. The lowest BCUT2D eigenvalue weighted by Crippen LogP contribution is -2.29. The van der Waals surface area contributed by atoms with Crippen LogP contribution in [0.3, 0.4) is 0 Å². The minimum atomic E-state index is -0.295. The number of thioether (sulfide) groups is 1. The number of aromatic nitrogens is 2. The van der Waals surface area contributed by atoms with Gasteiger partial charge in [-0.3, -0.25) is 14.5 Å². The highest BCUT2D eigenvalue weighted by molar-refractivity contribution is 7.99. The van der Waals surface area contributed by atoms with Crippen LogP contribution < -0.4 is 0 Å². The van der Waals surface area contributed by atoms with Gasteiger partial charge in [0.05, 0.1) is 21.9 Å². The standard InChI is InChI=1S/C15H9N3O3S2/c19-13-9-4-1-2-5-10(9)14(20)18(13)8-23-15-17-16-12(21-15)11-6-3-7-22-11/h1-7H,8H2. The van der Waals surface area contributed by atoms with Gasteiger partial charge in [0.15, 0.2) is 0 Å². The minimum Gasteiger partial charge on any atom is -0.410 e. The van der Waals surface area contributed by atoms with E-state index < -0.39 is 0 Å². The van der Waals surface area contributed by atoms with Gasteiger partial charge in [0, 0.05) is 0 Å². The lowest BCUT2D eigenvalue weighted by atomic mass is 10.1. The van der Waals surface area contributed by atoms with Crippen molar-refractivity contribution in [2.75, 3.05) is 5.88 Å². The van der Waals surface area contributed by atoms with Crippen LogP contribution in [0.5, 0.6) is 0 Å². The molecule has 0 N–H and O–H groups in total. The Morgan fingerprint density at radius 3 is 2.43 bits per heavy atom. The molecule has 23 heavy (non-hydrogen) atoms. The molecule has 0 aliphatic carbocycles. The highest BCUT2D eigenvalue weighted by Crippen LogP contribution is 2.29. The molecule has 1 aliphatic heterocycles. The number of nitrogens with zero attached hydrogens (tertiary/aromatic N) is 3. The van der Waals surface area contributed by atoms with E-state index in [9.17, 15) is 9.59 Å². The first-order valence-electron chi connectivity index (χ1n) is 6.69. The topological polar surface area (TPSA) is 76.3 Å². The average molecular weight is 343 g/mol. The largest absolute Gasteiger partial charge is 0.410 e. The molecule has 6 nitrogen and oxygen atoms in total. The van der Waals surface area contributed by atoms with E-state index in [1.54, 1.807) is 24.3 Å². The van der Waals surface area contributed by atoms with E-state index in [0.717, 1.165) is 16.6 Å². The number of benzene rings is 1. The summed E-state index contributed by atoms with van der Waals surface area (Å²) in [7, 11) is 0. The molecule has 2 amide bonds. The van der Waals surface area contributed by atoms with Crippen LogP contribution in [0.15, 0.2) is 51.4 Å². The average Bonchev–Trinajstić information content (AvgIpc) is 3.29. The van der Waals surface area contributed by atoms with E-state index in [4.69, 9.17) is 4.42 Å². The quantitative estimate of drug-likeness (QED) is 0.535. The molecule has 114 valence electrons. The van der Waals surface area contributed by atoms with Crippen molar-refractivity contribution in [2.24, 2.45) is 0 Å². The summed E-state index contributed by atoms with van der Waals surface area (Å²) < 4.78 is 5.54. The Morgan fingerprint density at radius 1 is 1.04 bits per heavy atom. The van der Waals surface area contributed by atoms with Gasteiger partial charge in [-0.2, -0.15) is 0 Å². The molecule has 0 saturated carbocycles. The number of carbonyl (C=O) groups excluding carboxylic acids is 2. The van der Waals surface area contributed by atoms with E-state index in [1.165, 1.54) is 16.2 Å². The lowest BCUT2D eigenvalue weighted by Gasteiger charge is -2.11. The zero-order valence-corrected chi connectivity index (χ0v) is 13.3. The zero-order chi connectivity index (χ0) is 15.8. The summed E-state index contributed by atoms with van der Waals surface area (Å²) in [6, 6.07) is 10.6. The van der Waals surface area contributed by atoms with E-state index in [1.807, 2.05) is 17.5 Å². The number of fused-ring (bicyclic) bond motifs is 1. The molecule has 0 atom stereocenters. The monoisotopic (exact) mass is 343 g/mol. The van der Waals surface area contributed by atoms with Gasteiger partial charge in [0.1, 0.15) is 0 Å². The number of rotatable bonds is 4. The van der Waals surface area contributed by atoms with Gasteiger partial charge < -0.3 is 4.42 Å². The van der Waals surface area contributed by atoms with Gasteiger partial charge in [-0.25, -0.2) is 0 Å². The van der Waals surface area contributed by atoms with Crippen molar-refractivity contribution in [3.8, 4) is 10.8 Å². The minimum absolute atomic E-state index is 0.137. The lowest BCUT2D eigenvalue weighted by molar-refractivity contribution is 0.0684. The molecule has 0 saturated heterocycles. The molecule has 8 heteroatoms. The predicted octanol–water partition coefficient (Wildman–Crippen LogP) is 3.14. The van der Waals surface area contributed by atoms with Crippen molar-refractivity contribution in [2.45, 2.75) is 5.22 Å². The van der Waals surface area contributed by atoms with Crippen molar-refractivity contribution in [1.29, 1.82) is 0 Å². The van der Waals surface area contributed by atoms with Crippen LogP contribution in [0.4, 0.5) is 0 Å². The molecular formula is C15H9N3O3S2. The van der Waals surface area contributed by atoms with Gasteiger partial charge in [0.2, 0.25) is 0 Å². The molecule has 3 heterocycles. The molecule has 0 bridgehead atoms. The fourth-order valence-corrected chi connectivity index (χ4v) is 3.60. The molecule has 3 aromatic rings. The third-order valence-corrected chi connectivity index (χ3v) is 4.99. The first kappa shape index (κ1) is 14.2. The van der Waals surface area contributed by atoms with E-state index in [-0.39, 0.29) is 17.7 Å². The van der Waals surface area contributed by atoms with Crippen LogP contribution in [-0.2, 0) is 0 Å². The highest BCUT2D eigenvalue weighted by Gasteiger charge is 2.35. The second kappa shape index (κ2) is 5.64. The van der Waals surface area contributed by atoms with Crippen molar-refractivity contribution < 1.29 is 14.0 Å². The first-order chi connectivity index (χ1) is 11.2. The number of carbonyl (C=O) groups is 2. The Bertz CT molecular complexity index is 854. The summed E-state index contributed by atoms with van der Waals surface area (Å²) >= 11 is 2.66. The molecule has 0 unspecified atom stereocenters. The molecule has 0 spiro atoms. The van der Waals surface area contributed by atoms with Crippen LogP contribution in [0.25, 0.3) is 10.8 Å². The third-order valence-electron chi connectivity index (χ3n) is 3.33. The van der Waals surface area contributed by atoms with Crippen LogP contribution in [0.2, 0.25) is 0 Å². The fourth-order valence-electron chi connectivity index (χ4n) is 2.24. The maximum atomic E-state index is 12.2. The van der Waals surface area contributed by atoms with Crippen LogP contribution in [-0.4, -0.2) is 32.8 Å². The summed E-state index contributed by atoms with van der Waals surface area (Å²) in [5, 5.41) is 10.1. The first-order valence-corrected chi connectivity index (χ1v) is 8.56. The van der Waals surface area contributed by atoms with Gasteiger partial charge in [-0.1, -0.05) is 18.2 Å². The molecule has 0 radical (unpaired) electrons. The van der Waals surface area contributed by atoms with Gasteiger partial charge in [-0.15, -0.1) is 21.5 Å². The fraction of sp³-hybridized carbons (Fsp3) is 0.0667. The number of amides is 2. The molecule has 4 rings (SSSR count). The van der Waals surface area contributed by atoms with Crippen LogP contribution >= 0.6 is 23.1 Å². The number of hydrogen-bond acceptors (Lipinski definition) is 7. The summed E-state index contributed by atoms with van der Waals surface area (Å²) in [6.45, 7) is 0. The van der Waals surface area contributed by atoms with Crippen molar-refractivity contribution in [3.05, 3.63) is 52.9 Å².